The van der Waals surface area contributed by atoms with Crippen molar-refractivity contribution in [3.63, 3.8) is 0 Å². The summed E-state index contributed by atoms with van der Waals surface area (Å²) in [6.45, 7) is 7.12. The van der Waals surface area contributed by atoms with E-state index in [1.54, 1.807) is 7.11 Å². The minimum absolute atomic E-state index is 0.0492. The Balaban J connectivity index is 1.16. The number of nitrogens with one attached hydrogen (secondary N) is 1. The van der Waals surface area contributed by atoms with Crippen LogP contribution in [0.4, 0.5) is 0 Å². The van der Waals surface area contributed by atoms with Crippen LogP contribution in [0.2, 0.25) is 0 Å². The molecule has 2 saturated heterocycles. The van der Waals surface area contributed by atoms with Crippen molar-refractivity contribution < 1.29 is 43.2 Å². The van der Waals surface area contributed by atoms with Gasteiger partial charge in [-0.05, 0) is 44.9 Å². The number of aryl methyl sites for hydroxylation is 1. The summed E-state index contributed by atoms with van der Waals surface area (Å²) in [5.41, 5.74) is 4.38. The number of aromatic hydroxyl groups is 1. The summed E-state index contributed by atoms with van der Waals surface area (Å²) in [6.07, 6.45) is 16.5. The predicted octanol–water partition coefficient (Wildman–Crippen LogP) is 8.20. The molecule has 0 aliphatic carbocycles. The van der Waals surface area contributed by atoms with E-state index >= 15 is 0 Å². The topological polar surface area (TPSA) is 160 Å². The first kappa shape index (κ1) is 44.9. The van der Waals surface area contributed by atoms with Gasteiger partial charge in [0.25, 0.3) is 0 Å². The van der Waals surface area contributed by atoms with E-state index in [0.717, 1.165) is 30.4 Å². The highest BCUT2D eigenvalue weighted by molar-refractivity contribution is 7.99. The van der Waals surface area contributed by atoms with Crippen LogP contribution in [0.5, 0.6) is 28.7 Å². The van der Waals surface area contributed by atoms with Gasteiger partial charge in [-0.2, -0.15) is 5.26 Å². The van der Waals surface area contributed by atoms with Crippen LogP contribution in [0.3, 0.4) is 0 Å². The summed E-state index contributed by atoms with van der Waals surface area (Å²) in [7, 11) is 3.53. The Labute approximate surface area is 365 Å². The number of phenolic OH excluding ortho intramolecular Hbond substituents is 1. The molecule has 0 saturated carbocycles. The summed E-state index contributed by atoms with van der Waals surface area (Å²) in [4.78, 5) is 44.7. The molecule has 14 heteroatoms. The second kappa shape index (κ2) is 19.9. The fourth-order valence-electron chi connectivity index (χ4n) is 10.6. The third kappa shape index (κ3) is 8.89. The van der Waals surface area contributed by atoms with E-state index < -0.39 is 47.4 Å². The molecule has 4 bridgehead atoms. The lowest BCUT2D eigenvalue weighted by Gasteiger charge is -2.61. The molecule has 6 aliphatic rings. The number of rotatable bonds is 17. The minimum atomic E-state index is -0.946. The number of amides is 1. The highest BCUT2D eigenvalue weighted by Crippen LogP contribution is 2.64. The largest absolute Gasteiger partial charge is 0.504 e. The maximum Gasteiger partial charge on any atom is 0.329 e. The zero-order valence-corrected chi connectivity index (χ0v) is 37.6. The van der Waals surface area contributed by atoms with Gasteiger partial charge in [-0.25, -0.2) is 4.79 Å². The van der Waals surface area contributed by atoms with Gasteiger partial charge in [0.05, 0.1) is 30.5 Å². The normalized spacial score (nSPS) is 25.1. The Bertz CT molecular complexity index is 2000. The molecule has 2 fully saturated rings. The van der Waals surface area contributed by atoms with Crippen LogP contribution >= 0.6 is 11.8 Å². The lowest BCUT2D eigenvalue weighted by molar-refractivity contribution is -0.152. The lowest BCUT2D eigenvalue weighted by atomic mass is 9.71. The first-order valence-electron chi connectivity index (χ1n) is 22.5. The SMILES string of the molecule is CCCCCCCCCCCCCCCC(=O)NC1CS[C@@H]2c3c(OC(C)=O)c(C)c4c(c3[C@H](COC1=O)N1C2[C@H]2c3c(cc(C)c(OC)c3O)C[C@@H]([C@@H]1C#N)N2C)OCO4. The van der Waals surface area contributed by atoms with Crippen molar-refractivity contribution >= 4 is 29.6 Å². The van der Waals surface area contributed by atoms with E-state index in [4.69, 9.17) is 23.7 Å². The molecule has 0 radical (unpaired) electrons. The van der Waals surface area contributed by atoms with E-state index in [1.807, 2.05) is 27.0 Å². The molecule has 0 spiro atoms. The molecule has 61 heavy (non-hydrogen) atoms. The third-order valence-corrected chi connectivity index (χ3v) is 14.9. The molecule has 2 aromatic carbocycles. The summed E-state index contributed by atoms with van der Waals surface area (Å²) in [6, 6.07) is 1.07. The summed E-state index contributed by atoms with van der Waals surface area (Å²) < 4.78 is 30.2. The number of methoxy groups -OCH3 is 1. The number of carbonyl (C=O) groups is 3. The number of piperazine rings is 1. The van der Waals surface area contributed by atoms with Crippen molar-refractivity contribution in [2.45, 2.75) is 166 Å². The van der Waals surface area contributed by atoms with E-state index in [2.05, 4.69) is 28.1 Å². The van der Waals surface area contributed by atoms with Crippen molar-refractivity contribution in [3.8, 4) is 34.8 Å². The second-order valence-electron chi connectivity index (χ2n) is 17.5. The molecule has 6 heterocycles. The first-order valence-corrected chi connectivity index (χ1v) is 23.6. The number of esters is 2. The lowest BCUT2D eigenvalue weighted by Crippen LogP contribution is -2.69. The van der Waals surface area contributed by atoms with Crippen LogP contribution in [-0.4, -0.2) is 90.2 Å². The summed E-state index contributed by atoms with van der Waals surface area (Å²) in [5.74, 6) is 0.558. The smallest absolute Gasteiger partial charge is 0.329 e. The van der Waals surface area contributed by atoms with Crippen LogP contribution in [0.1, 0.15) is 154 Å². The number of nitrogens with zero attached hydrogens (tertiary/aromatic N) is 3. The van der Waals surface area contributed by atoms with Gasteiger partial charge in [0.2, 0.25) is 12.7 Å². The van der Waals surface area contributed by atoms with Crippen LogP contribution in [0.15, 0.2) is 6.07 Å². The Morgan fingerprint density at radius 1 is 0.951 bits per heavy atom. The monoisotopic (exact) mass is 860 g/mol. The van der Waals surface area contributed by atoms with Crippen molar-refractivity contribution in [1.29, 1.82) is 5.26 Å². The summed E-state index contributed by atoms with van der Waals surface area (Å²) in [5, 5.41) is 25.5. The fraction of sp³-hybridized carbons (Fsp3) is 0.660. The quantitative estimate of drug-likeness (QED) is 0.0891. The number of likely N-dealkylation sites (N-methyl/N-ethyl adjacent to an activating group) is 1. The molecule has 332 valence electrons. The van der Waals surface area contributed by atoms with Gasteiger partial charge in [0.1, 0.15) is 24.4 Å². The number of ether oxygens (including phenoxy) is 5. The molecule has 7 atom stereocenters. The van der Waals surface area contributed by atoms with E-state index in [1.165, 1.54) is 82.9 Å². The zero-order valence-electron chi connectivity index (χ0n) is 36.8. The average molecular weight is 861 g/mol. The maximum atomic E-state index is 14.0. The van der Waals surface area contributed by atoms with E-state index in [-0.39, 0.29) is 36.9 Å². The van der Waals surface area contributed by atoms with Gasteiger partial charge in [-0.3, -0.25) is 19.4 Å². The van der Waals surface area contributed by atoms with Gasteiger partial charge in [-0.15, -0.1) is 11.8 Å². The van der Waals surface area contributed by atoms with Gasteiger partial charge in [0.15, 0.2) is 23.0 Å². The molecule has 2 N–H and O–H groups in total. The Morgan fingerprint density at radius 2 is 1.61 bits per heavy atom. The van der Waals surface area contributed by atoms with Gasteiger partial charge in [-0.1, -0.05) is 90.0 Å². The average Bonchev–Trinajstić information content (AvgIpc) is 3.72. The van der Waals surface area contributed by atoms with Crippen LogP contribution in [0, 0.1) is 25.2 Å². The van der Waals surface area contributed by atoms with Gasteiger partial charge >= 0.3 is 11.9 Å². The Kier molecular flexibility index (Phi) is 14.6. The second-order valence-corrected chi connectivity index (χ2v) is 18.7. The van der Waals surface area contributed by atoms with Gasteiger partial charge < -0.3 is 34.1 Å². The number of unbranched alkanes of at least 4 members (excludes halogenated alkanes) is 12. The number of hydrogen-bond donors (Lipinski definition) is 2. The third-order valence-electron chi connectivity index (χ3n) is 13.5. The van der Waals surface area contributed by atoms with Crippen LogP contribution < -0.4 is 24.3 Å². The highest BCUT2D eigenvalue weighted by Gasteiger charge is 2.60. The van der Waals surface area contributed by atoms with Crippen molar-refractivity contribution in [3.05, 3.63) is 39.4 Å². The molecular formula is C47H64N4O9S. The maximum absolute atomic E-state index is 14.0. The standard InChI is InChI=1S/C47H64N4O9S/c1-7-8-9-10-11-12-13-14-15-16-17-18-19-20-35(53)49-31-25-61-46-38-37(45-44(58-26-59-45)28(3)43(38)60-29(4)52)34(24-57-47(31)55)51-33(23-48)32-22-30-21-27(2)42(56-6)41(54)36(30)39(40(46)51)50(32)5/h21,31-34,39-40,46,54H,7-20,22,24-26H2,1-6H3,(H,49,53)/t31?,32-,33-,34-,39+,40?,46+/m0/s1. The molecular weight excluding hydrogens is 797 g/mol. The number of benzene rings is 2. The van der Waals surface area contributed by atoms with Gasteiger partial charge in [0, 0.05) is 53.4 Å². The summed E-state index contributed by atoms with van der Waals surface area (Å²) >= 11 is 1.44. The number of phenols is 1. The first-order chi connectivity index (χ1) is 29.5. The molecule has 2 aromatic rings. The number of nitriles is 1. The molecule has 13 nitrogen and oxygen atoms in total. The molecule has 8 rings (SSSR count). The Hall–Kier alpha value is -4.19. The highest BCUT2D eigenvalue weighted by atomic mass is 32.2. The molecule has 6 aliphatic heterocycles. The number of carbonyl (C=O) groups excluding carboxylic acids is 3. The Morgan fingerprint density at radius 3 is 2.25 bits per heavy atom. The fourth-order valence-corrected chi connectivity index (χ4v) is 12.1. The number of thioether (sulfide) groups is 1. The predicted molar refractivity (Wildman–Crippen MR) is 232 cm³/mol. The number of hydrogen-bond acceptors (Lipinski definition) is 13. The van der Waals surface area contributed by atoms with Crippen molar-refractivity contribution in [1.82, 2.24) is 15.1 Å². The van der Waals surface area contributed by atoms with Crippen LogP contribution in [-0.2, 0) is 25.5 Å². The zero-order chi connectivity index (χ0) is 43.4. The molecule has 1 amide bonds. The van der Waals surface area contributed by atoms with Crippen molar-refractivity contribution in [2.24, 2.45) is 0 Å². The van der Waals surface area contributed by atoms with E-state index in [0.29, 0.717) is 58.1 Å². The van der Waals surface area contributed by atoms with E-state index in [9.17, 15) is 24.8 Å². The molecule has 2 unspecified atom stereocenters. The molecule has 0 aromatic heterocycles. The minimum Gasteiger partial charge on any atom is -0.504 e. The number of fused-ring (bicyclic) bond motifs is 10. The van der Waals surface area contributed by atoms with Crippen LogP contribution in [0.25, 0.3) is 0 Å². The van der Waals surface area contributed by atoms with Crippen molar-refractivity contribution in [2.75, 3.05) is 33.3 Å².